The Morgan fingerprint density at radius 3 is 2.59 bits per heavy atom. The minimum atomic E-state index is 0.0509. The third-order valence-corrected chi connectivity index (χ3v) is 5.07. The highest BCUT2D eigenvalue weighted by Crippen LogP contribution is 2.59. The second kappa shape index (κ2) is 4.74. The molecule has 2 heteroatoms. The number of rotatable bonds is 5. The Bertz CT molecular complexity index is 293. The van der Waals surface area contributed by atoms with Gasteiger partial charge in [-0.05, 0) is 56.8 Å². The zero-order valence-corrected chi connectivity index (χ0v) is 11.0. The molecule has 2 bridgehead atoms. The minimum absolute atomic E-state index is 0.0509. The van der Waals surface area contributed by atoms with Crippen molar-refractivity contribution in [3.63, 3.8) is 0 Å². The Labute approximate surface area is 104 Å². The first-order chi connectivity index (χ1) is 8.35. The van der Waals surface area contributed by atoms with Gasteiger partial charge in [-0.15, -0.1) is 0 Å². The molecule has 0 aliphatic heterocycles. The van der Waals surface area contributed by atoms with Crippen LogP contribution in [-0.4, -0.2) is 19.5 Å². The number of allylic oxidation sites excluding steroid dienone is 2. The van der Waals surface area contributed by atoms with E-state index in [1.807, 2.05) is 0 Å². The molecular weight excluding hydrogens is 212 g/mol. The summed E-state index contributed by atoms with van der Waals surface area (Å²) in [5.74, 6) is 4.20. The summed E-state index contributed by atoms with van der Waals surface area (Å²) in [6.45, 7) is 5.67. The van der Waals surface area contributed by atoms with Gasteiger partial charge in [-0.2, -0.15) is 0 Å². The monoisotopic (exact) mass is 236 g/mol. The average molecular weight is 236 g/mol. The Balaban J connectivity index is 1.70. The topological polar surface area (TPSA) is 18.5 Å². The maximum Gasteiger partial charge on any atom is 0.160 e. The van der Waals surface area contributed by atoms with Crippen LogP contribution in [0.15, 0.2) is 12.2 Å². The molecule has 0 aromatic carbocycles. The van der Waals surface area contributed by atoms with Crippen LogP contribution >= 0.6 is 0 Å². The molecule has 3 aliphatic rings. The van der Waals surface area contributed by atoms with Crippen molar-refractivity contribution in [3.8, 4) is 0 Å². The largest absolute Gasteiger partial charge is 0.353 e. The number of hydrogen-bond acceptors (Lipinski definition) is 2. The fourth-order valence-electron chi connectivity index (χ4n) is 4.53. The Kier molecular flexibility index (Phi) is 3.27. The third kappa shape index (κ3) is 1.86. The standard InChI is InChI=1S/C15H24O2/c1-3-16-15(17-4-2)14-9-10-8-13(14)12-7-5-6-11(10)12/h5,7,10-15H,3-4,6,8-9H2,1-2H3. The van der Waals surface area contributed by atoms with Gasteiger partial charge in [0.1, 0.15) is 0 Å². The van der Waals surface area contributed by atoms with Crippen molar-refractivity contribution in [1.29, 1.82) is 0 Å². The number of fused-ring (bicyclic) bond motifs is 5. The predicted octanol–water partition coefficient (Wildman–Crippen LogP) is 3.23. The molecule has 2 fully saturated rings. The van der Waals surface area contributed by atoms with Crippen molar-refractivity contribution in [2.75, 3.05) is 13.2 Å². The van der Waals surface area contributed by atoms with Crippen LogP contribution in [0.3, 0.4) is 0 Å². The fourth-order valence-corrected chi connectivity index (χ4v) is 4.53. The lowest BCUT2D eigenvalue weighted by Gasteiger charge is -2.35. The molecule has 2 nitrogen and oxygen atoms in total. The molecule has 0 spiro atoms. The van der Waals surface area contributed by atoms with E-state index in [4.69, 9.17) is 9.47 Å². The summed E-state index contributed by atoms with van der Waals surface area (Å²) >= 11 is 0. The van der Waals surface area contributed by atoms with Gasteiger partial charge in [0.2, 0.25) is 0 Å². The summed E-state index contributed by atoms with van der Waals surface area (Å²) in [6, 6.07) is 0. The molecule has 3 rings (SSSR count). The van der Waals surface area contributed by atoms with E-state index in [-0.39, 0.29) is 6.29 Å². The van der Waals surface area contributed by atoms with Gasteiger partial charge in [0.05, 0.1) is 0 Å². The summed E-state index contributed by atoms with van der Waals surface area (Å²) in [7, 11) is 0. The highest BCUT2D eigenvalue weighted by atomic mass is 16.7. The molecule has 0 saturated heterocycles. The molecule has 0 aromatic heterocycles. The first kappa shape index (κ1) is 11.7. The van der Waals surface area contributed by atoms with Crippen LogP contribution in [0.5, 0.6) is 0 Å². The van der Waals surface area contributed by atoms with E-state index >= 15 is 0 Å². The fraction of sp³-hybridized carbons (Fsp3) is 0.867. The van der Waals surface area contributed by atoms with Gasteiger partial charge in [-0.1, -0.05) is 12.2 Å². The predicted molar refractivity (Wildman–Crippen MR) is 67.5 cm³/mol. The summed E-state index contributed by atoms with van der Waals surface area (Å²) < 4.78 is 11.6. The highest BCUT2D eigenvalue weighted by Gasteiger charge is 2.54. The van der Waals surface area contributed by atoms with Gasteiger partial charge >= 0.3 is 0 Å². The molecule has 0 N–H and O–H groups in total. The lowest BCUT2D eigenvalue weighted by Crippen LogP contribution is -2.36. The molecule has 0 heterocycles. The second-order valence-electron chi connectivity index (χ2n) is 5.74. The van der Waals surface area contributed by atoms with E-state index < -0.39 is 0 Å². The summed E-state index contributed by atoms with van der Waals surface area (Å²) in [6.07, 6.45) is 8.99. The lowest BCUT2D eigenvalue weighted by molar-refractivity contribution is -0.180. The van der Waals surface area contributed by atoms with Crippen LogP contribution in [-0.2, 0) is 9.47 Å². The SMILES string of the molecule is CCOC(OCC)C1CC2CC1C1C=CCC21. The number of hydrogen-bond donors (Lipinski definition) is 0. The van der Waals surface area contributed by atoms with Crippen molar-refractivity contribution >= 4 is 0 Å². The minimum Gasteiger partial charge on any atom is -0.353 e. The van der Waals surface area contributed by atoms with Crippen molar-refractivity contribution in [1.82, 2.24) is 0 Å². The van der Waals surface area contributed by atoms with Crippen LogP contribution in [0.2, 0.25) is 0 Å². The first-order valence-corrected chi connectivity index (χ1v) is 7.25. The van der Waals surface area contributed by atoms with Crippen molar-refractivity contribution in [2.24, 2.45) is 29.6 Å². The zero-order valence-electron chi connectivity index (χ0n) is 11.0. The molecule has 0 amide bonds. The van der Waals surface area contributed by atoms with E-state index in [0.29, 0.717) is 5.92 Å². The molecular formula is C15H24O2. The van der Waals surface area contributed by atoms with E-state index in [1.165, 1.54) is 19.3 Å². The first-order valence-electron chi connectivity index (χ1n) is 7.25. The highest BCUT2D eigenvalue weighted by molar-refractivity contribution is 5.14. The molecule has 5 atom stereocenters. The van der Waals surface area contributed by atoms with Gasteiger partial charge < -0.3 is 9.47 Å². The van der Waals surface area contributed by atoms with Gasteiger partial charge in [0.25, 0.3) is 0 Å². The van der Waals surface area contributed by atoms with Crippen LogP contribution in [0.4, 0.5) is 0 Å². The van der Waals surface area contributed by atoms with Crippen LogP contribution in [0.25, 0.3) is 0 Å². The van der Waals surface area contributed by atoms with Crippen molar-refractivity contribution in [2.45, 2.75) is 39.4 Å². The van der Waals surface area contributed by atoms with E-state index in [9.17, 15) is 0 Å². The molecule has 17 heavy (non-hydrogen) atoms. The maximum absolute atomic E-state index is 5.82. The normalized spacial score (nSPS) is 42.6. The molecule has 0 aromatic rings. The Morgan fingerprint density at radius 1 is 1.12 bits per heavy atom. The van der Waals surface area contributed by atoms with Crippen molar-refractivity contribution in [3.05, 3.63) is 12.2 Å². The lowest BCUT2D eigenvalue weighted by atomic mass is 9.75. The van der Waals surface area contributed by atoms with Gasteiger partial charge in [-0.25, -0.2) is 0 Å². The summed E-state index contributed by atoms with van der Waals surface area (Å²) in [5.41, 5.74) is 0. The average Bonchev–Trinajstić information content (AvgIpc) is 3.00. The summed E-state index contributed by atoms with van der Waals surface area (Å²) in [4.78, 5) is 0. The van der Waals surface area contributed by atoms with Gasteiger partial charge in [0.15, 0.2) is 6.29 Å². The molecule has 96 valence electrons. The molecule has 5 unspecified atom stereocenters. The van der Waals surface area contributed by atoms with E-state index in [1.54, 1.807) is 0 Å². The quantitative estimate of drug-likeness (QED) is 0.539. The van der Waals surface area contributed by atoms with Crippen LogP contribution < -0.4 is 0 Å². The van der Waals surface area contributed by atoms with Crippen LogP contribution in [0.1, 0.15) is 33.1 Å². The molecule has 3 aliphatic carbocycles. The molecule has 2 saturated carbocycles. The smallest absolute Gasteiger partial charge is 0.160 e. The third-order valence-electron chi connectivity index (χ3n) is 5.07. The zero-order chi connectivity index (χ0) is 11.8. The Hall–Kier alpha value is -0.340. The molecule has 0 radical (unpaired) electrons. The van der Waals surface area contributed by atoms with E-state index in [2.05, 4.69) is 26.0 Å². The maximum atomic E-state index is 5.82. The van der Waals surface area contributed by atoms with Gasteiger partial charge in [0, 0.05) is 19.1 Å². The van der Waals surface area contributed by atoms with Gasteiger partial charge in [-0.3, -0.25) is 0 Å². The number of ether oxygens (including phenoxy) is 2. The second-order valence-corrected chi connectivity index (χ2v) is 5.74. The Morgan fingerprint density at radius 2 is 1.88 bits per heavy atom. The van der Waals surface area contributed by atoms with Crippen molar-refractivity contribution < 1.29 is 9.47 Å². The summed E-state index contributed by atoms with van der Waals surface area (Å²) in [5, 5.41) is 0. The van der Waals surface area contributed by atoms with E-state index in [0.717, 1.165) is 36.9 Å². The van der Waals surface area contributed by atoms with Crippen LogP contribution in [0, 0.1) is 29.6 Å².